The second-order valence-electron chi connectivity index (χ2n) is 6.14. The Balaban J connectivity index is 2.12. The van der Waals surface area contributed by atoms with Crippen LogP contribution in [0.3, 0.4) is 0 Å². The molecule has 23 heavy (non-hydrogen) atoms. The Hall–Kier alpha value is 0.330. The summed E-state index contributed by atoms with van der Waals surface area (Å²) in [6.45, 7) is -0.00266. The molecular weight excluding hydrogens is 423 g/mol. The van der Waals surface area contributed by atoms with Crippen LogP contribution in [0.4, 0.5) is 0 Å². The van der Waals surface area contributed by atoms with Crippen LogP contribution in [0.2, 0.25) is 0 Å². The minimum atomic E-state index is -1.24. The maximum absolute atomic E-state index is 10.2. The molecule has 10 nitrogen and oxygen atoms in total. The molecule has 10 atom stereocenters. The number of halogens is 1. The first-order valence-corrected chi connectivity index (χ1v) is 8.36. The molecule has 1 heterocycles. The van der Waals surface area contributed by atoms with E-state index in [0.717, 1.165) is 0 Å². The summed E-state index contributed by atoms with van der Waals surface area (Å²) < 4.78 is 16.6. The van der Waals surface area contributed by atoms with E-state index < -0.39 is 55.0 Å². The van der Waals surface area contributed by atoms with E-state index in [-0.39, 0.29) is 12.6 Å². The summed E-state index contributed by atoms with van der Waals surface area (Å²) in [6, 6.07) is -1.71. The van der Waals surface area contributed by atoms with Crippen molar-refractivity contribution in [3.8, 4) is 0 Å². The first-order valence-electron chi connectivity index (χ1n) is 7.48. The minimum Gasteiger partial charge on any atom is -0.388 e. The highest BCUT2D eigenvalue weighted by Gasteiger charge is 2.49. The predicted octanol–water partition coefficient (Wildman–Crippen LogP) is -4.46. The van der Waals surface area contributed by atoms with Crippen molar-refractivity contribution >= 4 is 23.0 Å². The molecule has 2 aliphatic rings. The largest absolute Gasteiger partial charge is 0.388 e. The van der Waals surface area contributed by atoms with Gasteiger partial charge < -0.3 is 50.8 Å². The van der Waals surface area contributed by atoms with Crippen LogP contribution in [0.5, 0.6) is 0 Å². The van der Waals surface area contributed by atoms with Crippen molar-refractivity contribution in [1.82, 2.24) is 0 Å². The highest BCUT2D eigenvalue weighted by Crippen LogP contribution is 2.28. The van der Waals surface area contributed by atoms with E-state index >= 15 is 0 Å². The highest BCUT2D eigenvalue weighted by atomic mass is 127. The number of rotatable bonds is 4. The number of ether oxygens (including phenoxy) is 2. The zero-order valence-electron chi connectivity index (χ0n) is 12.6. The Labute approximate surface area is 148 Å². The third-order valence-electron chi connectivity index (χ3n) is 4.52. The van der Waals surface area contributed by atoms with Gasteiger partial charge in [-0.25, -0.2) is 0 Å². The molecule has 0 aromatic heterocycles. The van der Waals surface area contributed by atoms with Gasteiger partial charge >= 0.3 is 0 Å². The van der Waals surface area contributed by atoms with Crippen LogP contribution in [-0.4, -0.2) is 82.9 Å². The smallest absolute Gasteiger partial charge is 0.176 e. The lowest BCUT2D eigenvalue weighted by Gasteiger charge is -2.45. The first kappa shape index (κ1) is 19.7. The summed E-state index contributed by atoms with van der Waals surface area (Å²) in [5.41, 5.74) is 21.4. The van der Waals surface area contributed by atoms with Crippen LogP contribution >= 0.6 is 23.0 Å². The van der Waals surface area contributed by atoms with E-state index in [1.807, 2.05) is 0 Å². The number of nitrogens with two attached hydrogens (primary N) is 3. The van der Waals surface area contributed by atoms with Gasteiger partial charge in [0.25, 0.3) is 0 Å². The summed E-state index contributed by atoms with van der Waals surface area (Å²) in [5, 5.41) is 30.1. The average molecular weight is 449 g/mol. The molecule has 0 radical (unpaired) electrons. The molecule has 12 N–H and O–H groups in total. The van der Waals surface area contributed by atoms with Crippen molar-refractivity contribution in [2.24, 2.45) is 17.2 Å². The Kier molecular flexibility index (Phi) is 6.95. The Morgan fingerprint density at radius 3 is 2.35 bits per heavy atom. The topological polar surface area (TPSA) is 194 Å². The maximum Gasteiger partial charge on any atom is 0.176 e. The second-order valence-corrected chi connectivity index (χ2v) is 6.65. The third kappa shape index (κ3) is 3.95. The molecule has 2 fully saturated rings. The van der Waals surface area contributed by atoms with E-state index in [9.17, 15) is 15.3 Å². The Bertz CT molecular complexity index is 395. The van der Waals surface area contributed by atoms with Crippen LogP contribution < -0.4 is 22.9 Å². The molecule has 0 aromatic carbocycles. The van der Waals surface area contributed by atoms with E-state index in [2.05, 4.69) is 5.73 Å². The lowest BCUT2D eigenvalue weighted by atomic mass is 9.84. The van der Waals surface area contributed by atoms with Gasteiger partial charge in [0, 0.05) is 19.0 Å². The zero-order valence-corrected chi connectivity index (χ0v) is 14.7. The van der Waals surface area contributed by atoms with E-state index in [1.165, 1.54) is 0 Å². The molecule has 11 heteroatoms. The van der Waals surface area contributed by atoms with Gasteiger partial charge in [0.15, 0.2) is 6.29 Å². The summed E-state index contributed by atoms with van der Waals surface area (Å²) in [6.07, 6.45) is -6.09. The van der Waals surface area contributed by atoms with Gasteiger partial charge in [-0.15, -0.1) is 0 Å². The van der Waals surface area contributed by atoms with E-state index in [4.69, 9.17) is 29.7 Å². The van der Waals surface area contributed by atoms with Crippen LogP contribution in [0.15, 0.2) is 0 Å². The van der Waals surface area contributed by atoms with Crippen LogP contribution in [-0.2, 0) is 12.5 Å². The number of aliphatic hydroxyl groups excluding tert-OH is 3. The molecule has 0 spiro atoms. The molecule has 1 saturated carbocycles. The van der Waals surface area contributed by atoms with Crippen molar-refractivity contribution in [1.29, 1.82) is 0 Å². The SMILES string of the molecule is NCC1OC(OC2C(N)CC([NH3+])C(O)C2OI)C(N)C(O)C1O. The second kappa shape index (κ2) is 8.14. The van der Waals surface area contributed by atoms with E-state index in [0.29, 0.717) is 6.42 Å². The van der Waals surface area contributed by atoms with Gasteiger partial charge in [0.2, 0.25) is 0 Å². The summed E-state index contributed by atoms with van der Waals surface area (Å²) in [4.78, 5) is 0. The fraction of sp³-hybridized carbons (Fsp3) is 1.00. The Morgan fingerprint density at radius 2 is 1.78 bits per heavy atom. The quantitative estimate of drug-likeness (QED) is 0.207. The Morgan fingerprint density at radius 1 is 1.13 bits per heavy atom. The number of aliphatic hydroxyl groups is 3. The number of quaternary nitrogens is 1. The first-order chi connectivity index (χ1) is 10.8. The van der Waals surface area contributed by atoms with Crippen molar-refractivity contribution in [3.63, 3.8) is 0 Å². The van der Waals surface area contributed by atoms with Crippen LogP contribution in [0, 0.1) is 0 Å². The molecule has 1 aliphatic heterocycles. The van der Waals surface area contributed by atoms with Crippen molar-refractivity contribution in [2.75, 3.05) is 6.54 Å². The normalized spacial score (nSPS) is 51.7. The van der Waals surface area contributed by atoms with Gasteiger partial charge in [-0.2, -0.15) is 0 Å². The molecule has 0 amide bonds. The minimum absolute atomic E-state index is 0.00266. The summed E-state index contributed by atoms with van der Waals surface area (Å²) in [7, 11) is 0. The molecular formula is C12H26IN4O6+. The van der Waals surface area contributed by atoms with Gasteiger partial charge in [-0.05, 0) is 0 Å². The number of hydrogen-bond acceptors (Lipinski definition) is 9. The van der Waals surface area contributed by atoms with Gasteiger partial charge in [-0.3, -0.25) is 0 Å². The van der Waals surface area contributed by atoms with Gasteiger partial charge in [0.1, 0.15) is 65.7 Å². The predicted molar refractivity (Wildman–Crippen MR) is 86.7 cm³/mol. The molecule has 1 saturated heterocycles. The van der Waals surface area contributed by atoms with Crippen LogP contribution in [0.25, 0.3) is 0 Å². The zero-order chi connectivity index (χ0) is 17.3. The fourth-order valence-corrected chi connectivity index (χ4v) is 3.63. The molecule has 2 rings (SSSR count). The van der Waals surface area contributed by atoms with Crippen molar-refractivity contribution in [3.05, 3.63) is 0 Å². The van der Waals surface area contributed by atoms with Gasteiger partial charge in [-0.1, -0.05) is 0 Å². The monoisotopic (exact) mass is 449 g/mol. The van der Waals surface area contributed by atoms with Crippen LogP contribution in [0.1, 0.15) is 6.42 Å². The summed E-state index contributed by atoms with van der Waals surface area (Å²) in [5.74, 6) is 0. The summed E-state index contributed by atoms with van der Waals surface area (Å²) >= 11 is 1.67. The third-order valence-corrected chi connectivity index (χ3v) is 5.10. The molecule has 136 valence electrons. The molecule has 0 bridgehead atoms. The highest BCUT2D eigenvalue weighted by molar-refractivity contribution is 14.1. The maximum atomic E-state index is 10.2. The van der Waals surface area contributed by atoms with Crippen molar-refractivity contribution in [2.45, 2.75) is 67.5 Å². The average Bonchev–Trinajstić information content (AvgIpc) is 2.53. The van der Waals surface area contributed by atoms with E-state index in [1.54, 1.807) is 23.0 Å². The molecule has 0 aromatic rings. The fourth-order valence-electron chi connectivity index (χ4n) is 3.04. The molecule has 10 unspecified atom stereocenters. The number of hydrogen-bond donors (Lipinski definition) is 7. The standard InChI is InChI=1S/C12H25IN4O6/c13-23-11-7(18)3(15)1-4(16)10(11)22-12-6(17)9(20)8(19)5(2-14)21-12/h3-12,18-20H,1-2,14-17H2/p+1. The molecule has 1 aliphatic carbocycles. The van der Waals surface area contributed by atoms with Gasteiger partial charge in [0.05, 0.1) is 6.04 Å². The van der Waals surface area contributed by atoms with Crippen molar-refractivity contribution < 1.29 is 33.6 Å². The lowest BCUT2D eigenvalue weighted by molar-refractivity contribution is -0.452. The lowest BCUT2D eigenvalue weighted by Crippen LogP contribution is -2.76.